The van der Waals surface area contributed by atoms with Gasteiger partial charge in [-0.15, -0.1) is 0 Å². The molecule has 0 aromatic heterocycles. The van der Waals surface area contributed by atoms with Gasteiger partial charge in [-0.2, -0.15) is 8.42 Å². The third-order valence-corrected chi connectivity index (χ3v) is 6.14. The number of hydrogen-bond donors (Lipinski definition) is 2. The van der Waals surface area contributed by atoms with Crippen LogP contribution in [-0.2, 0) is 44.6 Å². The van der Waals surface area contributed by atoms with Gasteiger partial charge in [0.15, 0.2) is 6.10 Å². The Hall–Kier alpha value is -2.50. The lowest BCUT2D eigenvalue weighted by atomic mass is 9.88. The first-order valence-corrected chi connectivity index (χ1v) is 12.6. The standard InChI is InChI=1S/C23H35NO9S/c1-5-19(33-20(26)14-18-10-7-6-8-11-18)15-31-22(28)21(27)23(3,4)16-32-34(29,30)13-9-12-24-17(2)25/h6-8,10-11,19,21,27H,5,9,12-16H2,1-4H3,(H,24,25)/t19-,21?/m1/s1. The highest BCUT2D eigenvalue weighted by Crippen LogP contribution is 2.23. The van der Waals surface area contributed by atoms with E-state index in [1.807, 2.05) is 18.2 Å². The summed E-state index contributed by atoms with van der Waals surface area (Å²) in [4.78, 5) is 35.3. The van der Waals surface area contributed by atoms with E-state index in [2.05, 4.69) is 5.32 Å². The predicted octanol–water partition coefficient (Wildman–Crippen LogP) is 1.35. The third-order valence-electron chi connectivity index (χ3n) is 4.88. The molecule has 0 aliphatic rings. The van der Waals surface area contributed by atoms with E-state index in [0.717, 1.165) is 5.56 Å². The third kappa shape index (κ3) is 11.6. The molecule has 11 heteroatoms. The highest BCUT2D eigenvalue weighted by Gasteiger charge is 2.37. The van der Waals surface area contributed by atoms with E-state index in [1.54, 1.807) is 19.1 Å². The summed E-state index contributed by atoms with van der Waals surface area (Å²) in [5.74, 6) is -2.03. The van der Waals surface area contributed by atoms with Crippen molar-refractivity contribution in [2.24, 2.45) is 5.41 Å². The van der Waals surface area contributed by atoms with Gasteiger partial charge in [0.05, 0.1) is 18.8 Å². The average molecular weight is 502 g/mol. The predicted molar refractivity (Wildman–Crippen MR) is 124 cm³/mol. The molecule has 1 rings (SSSR count). The maximum atomic E-state index is 12.3. The molecule has 2 atom stereocenters. The van der Waals surface area contributed by atoms with E-state index in [4.69, 9.17) is 13.7 Å². The topological polar surface area (TPSA) is 145 Å². The fourth-order valence-electron chi connectivity index (χ4n) is 2.69. The summed E-state index contributed by atoms with van der Waals surface area (Å²) in [6.45, 7) is 5.50. The Bertz CT molecular complexity index is 900. The van der Waals surface area contributed by atoms with Crippen molar-refractivity contribution in [1.29, 1.82) is 0 Å². The summed E-state index contributed by atoms with van der Waals surface area (Å²) < 4.78 is 39.5. The number of aliphatic hydroxyl groups excluding tert-OH is 1. The molecule has 0 aliphatic carbocycles. The first-order chi connectivity index (χ1) is 15.9. The van der Waals surface area contributed by atoms with Gasteiger partial charge in [0, 0.05) is 18.9 Å². The van der Waals surface area contributed by atoms with Crippen molar-refractivity contribution in [3.8, 4) is 0 Å². The molecule has 2 N–H and O–H groups in total. The van der Waals surface area contributed by atoms with Gasteiger partial charge < -0.3 is 19.9 Å². The van der Waals surface area contributed by atoms with Crippen LogP contribution in [0.2, 0.25) is 0 Å². The van der Waals surface area contributed by atoms with Crippen LogP contribution >= 0.6 is 0 Å². The van der Waals surface area contributed by atoms with Crippen molar-refractivity contribution in [3.05, 3.63) is 35.9 Å². The van der Waals surface area contributed by atoms with Crippen molar-refractivity contribution in [3.63, 3.8) is 0 Å². The number of esters is 2. The van der Waals surface area contributed by atoms with Gasteiger partial charge in [-0.05, 0) is 18.4 Å². The molecular formula is C23H35NO9S. The molecule has 10 nitrogen and oxygen atoms in total. The van der Waals surface area contributed by atoms with Gasteiger partial charge in [-0.1, -0.05) is 51.1 Å². The number of hydrogen-bond acceptors (Lipinski definition) is 9. The van der Waals surface area contributed by atoms with Gasteiger partial charge in [-0.3, -0.25) is 13.8 Å². The Labute approximate surface area is 201 Å². The molecule has 0 saturated heterocycles. The Balaban J connectivity index is 2.49. The van der Waals surface area contributed by atoms with Crippen LogP contribution in [0.1, 0.15) is 46.1 Å². The molecule has 0 fully saturated rings. The van der Waals surface area contributed by atoms with Gasteiger partial charge in [-0.25, -0.2) is 4.79 Å². The fourth-order valence-corrected chi connectivity index (χ4v) is 3.79. The van der Waals surface area contributed by atoms with E-state index in [9.17, 15) is 27.9 Å². The zero-order valence-electron chi connectivity index (χ0n) is 20.1. The number of rotatable bonds is 15. The summed E-state index contributed by atoms with van der Waals surface area (Å²) in [5, 5.41) is 12.9. The summed E-state index contributed by atoms with van der Waals surface area (Å²) in [6, 6.07) is 9.06. The molecule has 0 bridgehead atoms. The van der Waals surface area contributed by atoms with Gasteiger partial charge in [0.2, 0.25) is 5.91 Å². The van der Waals surface area contributed by atoms with Crippen LogP contribution in [-0.4, -0.2) is 69.1 Å². The second kappa shape index (κ2) is 14.0. The van der Waals surface area contributed by atoms with E-state index in [-0.39, 0.29) is 37.7 Å². The van der Waals surface area contributed by atoms with Crippen molar-refractivity contribution in [1.82, 2.24) is 5.32 Å². The lowest BCUT2D eigenvalue weighted by Gasteiger charge is -2.28. The van der Waals surface area contributed by atoms with Gasteiger partial charge >= 0.3 is 11.9 Å². The number of nitrogens with one attached hydrogen (secondary N) is 1. The SMILES string of the molecule is CC[C@H](COC(=O)C(O)C(C)(C)COS(=O)(=O)CCCNC(C)=O)OC(=O)Cc1ccccc1. The van der Waals surface area contributed by atoms with Crippen LogP contribution in [0.5, 0.6) is 0 Å². The molecule has 1 aromatic rings. The number of carbonyl (C=O) groups is 3. The first kappa shape index (κ1) is 29.5. The minimum absolute atomic E-state index is 0.0809. The van der Waals surface area contributed by atoms with Gasteiger partial charge in [0.1, 0.15) is 12.7 Å². The maximum absolute atomic E-state index is 12.3. The number of amides is 1. The van der Waals surface area contributed by atoms with Crippen molar-refractivity contribution >= 4 is 28.0 Å². The molecule has 0 heterocycles. The summed E-state index contributed by atoms with van der Waals surface area (Å²) in [6.07, 6.45) is -1.71. The first-order valence-electron chi connectivity index (χ1n) is 11.1. The monoisotopic (exact) mass is 501 g/mol. The largest absolute Gasteiger partial charge is 0.460 e. The van der Waals surface area contributed by atoms with E-state index < -0.39 is 46.3 Å². The number of benzene rings is 1. The fraction of sp³-hybridized carbons (Fsp3) is 0.609. The molecule has 1 amide bonds. The Morgan fingerprint density at radius 2 is 1.79 bits per heavy atom. The minimum atomic E-state index is -3.91. The molecule has 1 aromatic carbocycles. The van der Waals surface area contributed by atoms with Crippen LogP contribution < -0.4 is 5.32 Å². The molecule has 0 saturated carbocycles. The second-order valence-electron chi connectivity index (χ2n) is 8.56. The minimum Gasteiger partial charge on any atom is -0.460 e. The van der Waals surface area contributed by atoms with Crippen LogP contribution in [0.4, 0.5) is 0 Å². The molecule has 192 valence electrons. The number of carbonyl (C=O) groups excluding carboxylic acids is 3. The molecule has 1 unspecified atom stereocenters. The Morgan fingerprint density at radius 3 is 2.38 bits per heavy atom. The molecule has 0 radical (unpaired) electrons. The van der Waals surface area contributed by atoms with Gasteiger partial charge in [0.25, 0.3) is 10.1 Å². The smallest absolute Gasteiger partial charge is 0.335 e. The lowest BCUT2D eigenvalue weighted by molar-refractivity contribution is -0.169. The lowest BCUT2D eigenvalue weighted by Crippen LogP contribution is -2.42. The number of ether oxygens (including phenoxy) is 2. The van der Waals surface area contributed by atoms with Crippen LogP contribution in [0, 0.1) is 5.41 Å². The molecule has 0 spiro atoms. The average Bonchev–Trinajstić information content (AvgIpc) is 2.78. The zero-order valence-corrected chi connectivity index (χ0v) is 20.9. The zero-order chi connectivity index (χ0) is 25.8. The highest BCUT2D eigenvalue weighted by atomic mass is 32.2. The quantitative estimate of drug-likeness (QED) is 0.207. The summed E-state index contributed by atoms with van der Waals surface area (Å²) in [5.41, 5.74) is -0.477. The normalized spacial score (nSPS) is 13.6. The van der Waals surface area contributed by atoms with Crippen LogP contribution in [0.15, 0.2) is 30.3 Å². The summed E-state index contributed by atoms with van der Waals surface area (Å²) >= 11 is 0. The molecular weight excluding hydrogens is 466 g/mol. The van der Waals surface area contributed by atoms with E-state index >= 15 is 0 Å². The Morgan fingerprint density at radius 1 is 1.15 bits per heavy atom. The van der Waals surface area contributed by atoms with Crippen molar-refractivity contribution in [2.45, 2.75) is 59.2 Å². The second-order valence-corrected chi connectivity index (χ2v) is 10.3. The van der Waals surface area contributed by atoms with Crippen molar-refractivity contribution < 1.29 is 41.6 Å². The van der Waals surface area contributed by atoms with Crippen LogP contribution in [0.3, 0.4) is 0 Å². The maximum Gasteiger partial charge on any atom is 0.335 e. The van der Waals surface area contributed by atoms with E-state index in [1.165, 1.54) is 20.8 Å². The molecule has 0 aliphatic heterocycles. The summed E-state index contributed by atoms with van der Waals surface area (Å²) in [7, 11) is -3.91. The number of aliphatic hydroxyl groups is 1. The molecule has 34 heavy (non-hydrogen) atoms. The highest BCUT2D eigenvalue weighted by molar-refractivity contribution is 7.86. The van der Waals surface area contributed by atoms with Crippen molar-refractivity contribution in [2.75, 3.05) is 25.5 Å². The van der Waals surface area contributed by atoms with Crippen LogP contribution in [0.25, 0.3) is 0 Å². The van der Waals surface area contributed by atoms with E-state index in [0.29, 0.717) is 6.42 Å². The Kier molecular flexibility index (Phi) is 12.2.